The van der Waals surface area contributed by atoms with Crippen molar-refractivity contribution >= 4 is 17.9 Å². The first-order chi connectivity index (χ1) is 33.0. The van der Waals surface area contributed by atoms with Crippen LogP contribution in [0.15, 0.2) is 97.2 Å². The number of ether oxygens (including phenoxy) is 3. The van der Waals surface area contributed by atoms with Gasteiger partial charge in [-0.2, -0.15) is 0 Å². The maximum Gasteiger partial charge on any atom is 0.306 e. The molecule has 0 aromatic rings. The largest absolute Gasteiger partial charge is 0.462 e. The SMILES string of the molecule is CC\C=C/C=C\C=C/C=C\C=C\C=C/C=C\CCCCCC(=O)OCC(COC(=O)CCCCCCC/C=C\CCCCC)OC(=O)CCCCCCCCCCCCCCCCCCCC. The second-order valence-electron chi connectivity index (χ2n) is 18.3. The summed E-state index contributed by atoms with van der Waals surface area (Å²) < 4.78 is 16.8. The van der Waals surface area contributed by atoms with Gasteiger partial charge in [0.1, 0.15) is 13.2 Å². The Kier molecular flexibility index (Phi) is 51.9. The Hall–Kier alpha value is -3.67. The van der Waals surface area contributed by atoms with E-state index in [2.05, 4.69) is 45.1 Å². The molecule has 1 unspecified atom stereocenters. The number of rotatable bonds is 49. The molecule has 0 saturated carbocycles. The highest BCUT2D eigenvalue weighted by Gasteiger charge is 2.19. The van der Waals surface area contributed by atoms with Crippen LogP contribution in [0.4, 0.5) is 0 Å². The van der Waals surface area contributed by atoms with Gasteiger partial charge in [-0.05, 0) is 64.2 Å². The van der Waals surface area contributed by atoms with E-state index in [0.29, 0.717) is 19.3 Å². The number of carbonyl (C=O) groups excluding carboxylic acids is 3. The fourth-order valence-corrected chi connectivity index (χ4v) is 7.60. The lowest BCUT2D eigenvalue weighted by molar-refractivity contribution is -0.167. The molecule has 0 amide bonds. The van der Waals surface area contributed by atoms with Crippen molar-refractivity contribution in [3.8, 4) is 0 Å². The van der Waals surface area contributed by atoms with Crippen molar-refractivity contribution in [3.05, 3.63) is 97.2 Å². The van der Waals surface area contributed by atoms with Crippen LogP contribution in [0.2, 0.25) is 0 Å². The van der Waals surface area contributed by atoms with Crippen LogP contribution < -0.4 is 0 Å². The Morgan fingerprint density at radius 3 is 1.00 bits per heavy atom. The fraction of sp³-hybridized carbons (Fsp3) is 0.689. The average Bonchev–Trinajstić information content (AvgIpc) is 3.33. The minimum absolute atomic E-state index is 0.0958. The third kappa shape index (κ3) is 53.2. The lowest BCUT2D eigenvalue weighted by Crippen LogP contribution is -2.30. The van der Waals surface area contributed by atoms with Crippen molar-refractivity contribution in [1.82, 2.24) is 0 Å². The molecule has 6 nitrogen and oxygen atoms in total. The molecule has 0 aromatic heterocycles. The van der Waals surface area contributed by atoms with Gasteiger partial charge in [-0.25, -0.2) is 0 Å². The number of hydrogen-bond donors (Lipinski definition) is 0. The molecule has 0 aliphatic carbocycles. The summed E-state index contributed by atoms with van der Waals surface area (Å²) in [5.41, 5.74) is 0. The van der Waals surface area contributed by atoms with Gasteiger partial charge in [0.2, 0.25) is 0 Å². The van der Waals surface area contributed by atoms with Gasteiger partial charge < -0.3 is 14.2 Å². The predicted molar refractivity (Wildman–Crippen MR) is 288 cm³/mol. The van der Waals surface area contributed by atoms with Crippen LogP contribution in [0.3, 0.4) is 0 Å². The molecule has 6 heteroatoms. The fourth-order valence-electron chi connectivity index (χ4n) is 7.60. The molecule has 0 N–H and O–H groups in total. The lowest BCUT2D eigenvalue weighted by Gasteiger charge is -2.18. The van der Waals surface area contributed by atoms with Crippen LogP contribution in [-0.4, -0.2) is 37.2 Å². The minimum atomic E-state index is -0.799. The first-order valence-electron chi connectivity index (χ1n) is 27.8. The van der Waals surface area contributed by atoms with E-state index >= 15 is 0 Å². The van der Waals surface area contributed by atoms with Gasteiger partial charge >= 0.3 is 17.9 Å². The van der Waals surface area contributed by atoms with Gasteiger partial charge in [-0.3, -0.25) is 14.4 Å². The summed E-state index contributed by atoms with van der Waals surface area (Å²) in [6.07, 6.45) is 72.5. The van der Waals surface area contributed by atoms with E-state index in [-0.39, 0.29) is 31.1 Å². The molecule has 382 valence electrons. The highest BCUT2D eigenvalue weighted by molar-refractivity contribution is 5.71. The third-order valence-electron chi connectivity index (χ3n) is 11.8. The summed E-state index contributed by atoms with van der Waals surface area (Å²) >= 11 is 0. The number of hydrogen-bond acceptors (Lipinski definition) is 6. The molecular weight excluding hydrogens is 829 g/mol. The van der Waals surface area contributed by atoms with Gasteiger partial charge in [0, 0.05) is 19.3 Å². The van der Waals surface area contributed by atoms with Crippen LogP contribution in [0.25, 0.3) is 0 Å². The van der Waals surface area contributed by atoms with Gasteiger partial charge in [0.15, 0.2) is 6.10 Å². The van der Waals surface area contributed by atoms with Gasteiger partial charge in [0.05, 0.1) is 0 Å². The molecule has 0 aliphatic heterocycles. The van der Waals surface area contributed by atoms with Gasteiger partial charge in [-0.15, -0.1) is 0 Å². The van der Waals surface area contributed by atoms with Crippen molar-refractivity contribution in [3.63, 3.8) is 0 Å². The zero-order valence-electron chi connectivity index (χ0n) is 43.6. The predicted octanol–water partition coefficient (Wildman–Crippen LogP) is 18.5. The zero-order chi connectivity index (χ0) is 48.6. The highest BCUT2D eigenvalue weighted by atomic mass is 16.6. The molecule has 0 radical (unpaired) electrons. The monoisotopic (exact) mass is 931 g/mol. The number of esters is 3. The van der Waals surface area contributed by atoms with Crippen molar-refractivity contribution in [1.29, 1.82) is 0 Å². The summed E-state index contributed by atoms with van der Waals surface area (Å²) in [5.74, 6) is -0.946. The molecule has 0 heterocycles. The van der Waals surface area contributed by atoms with E-state index in [1.165, 1.54) is 128 Å². The van der Waals surface area contributed by atoms with Crippen molar-refractivity contribution in [2.75, 3.05) is 13.2 Å². The normalized spacial score (nSPS) is 12.8. The number of unbranched alkanes of at least 4 members (excludes halogenated alkanes) is 28. The smallest absolute Gasteiger partial charge is 0.306 e. The molecule has 0 fully saturated rings. The molecule has 0 spiro atoms. The zero-order valence-corrected chi connectivity index (χ0v) is 43.6. The second kappa shape index (κ2) is 54.9. The first kappa shape index (κ1) is 63.3. The van der Waals surface area contributed by atoms with E-state index < -0.39 is 6.10 Å². The second-order valence-corrected chi connectivity index (χ2v) is 18.3. The van der Waals surface area contributed by atoms with Crippen LogP contribution in [0.1, 0.15) is 252 Å². The molecule has 67 heavy (non-hydrogen) atoms. The van der Waals surface area contributed by atoms with Crippen LogP contribution in [0, 0.1) is 0 Å². The molecule has 0 saturated heterocycles. The Morgan fingerprint density at radius 1 is 0.313 bits per heavy atom. The quantitative estimate of drug-likeness (QED) is 0.0199. The summed E-state index contributed by atoms with van der Waals surface area (Å²) in [4.78, 5) is 38.1. The standard InChI is InChI=1S/C61H102O6/c1-4-7-10-13-16-19-22-25-27-29-31-33-34-36-39-42-45-48-51-54-60(63)66-57-58(56-65-59(62)53-50-47-44-41-38-24-21-18-15-12-9-6-3)67-61(64)55-52-49-46-43-40-37-35-32-30-28-26-23-20-17-14-11-8-5-2/h7,10,13,16,18-19,21-22,25,27,29,31,33-34,36,39,58H,4-6,8-9,11-12,14-15,17,20,23-24,26,28,30,32,35,37-38,40-57H2,1-3H3/b10-7-,16-13-,21-18-,22-19-,27-25-,31-29+,34-33-,39-36-. The van der Waals surface area contributed by atoms with Crippen LogP contribution in [-0.2, 0) is 28.6 Å². The van der Waals surface area contributed by atoms with E-state index in [0.717, 1.165) is 83.5 Å². The third-order valence-corrected chi connectivity index (χ3v) is 11.8. The van der Waals surface area contributed by atoms with Gasteiger partial charge in [-0.1, -0.05) is 266 Å². The van der Waals surface area contributed by atoms with Crippen LogP contribution >= 0.6 is 0 Å². The Labute approximate surface area is 413 Å². The molecule has 0 aliphatic rings. The topological polar surface area (TPSA) is 78.9 Å². The van der Waals surface area contributed by atoms with E-state index in [1.807, 2.05) is 72.9 Å². The molecule has 0 rings (SSSR count). The van der Waals surface area contributed by atoms with Crippen molar-refractivity contribution in [2.45, 2.75) is 258 Å². The first-order valence-corrected chi connectivity index (χ1v) is 27.8. The summed E-state index contributed by atoms with van der Waals surface area (Å²) in [7, 11) is 0. The van der Waals surface area contributed by atoms with Crippen LogP contribution in [0.5, 0.6) is 0 Å². The molecule has 0 aromatic carbocycles. The van der Waals surface area contributed by atoms with Crippen molar-refractivity contribution in [2.24, 2.45) is 0 Å². The molecule has 1 atom stereocenters. The minimum Gasteiger partial charge on any atom is -0.462 e. The van der Waals surface area contributed by atoms with E-state index in [1.54, 1.807) is 0 Å². The number of allylic oxidation sites excluding steroid dienone is 16. The van der Waals surface area contributed by atoms with E-state index in [9.17, 15) is 14.4 Å². The Bertz CT molecular complexity index is 1350. The Morgan fingerprint density at radius 2 is 0.597 bits per heavy atom. The van der Waals surface area contributed by atoms with Gasteiger partial charge in [0.25, 0.3) is 0 Å². The summed E-state index contributed by atoms with van der Waals surface area (Å²) in [6.45, 7) is 6.43. The number of carbonyl (C=O) groups is 3. The van der Waals surface area contributed by atoms with E-state index in [4.69, 9.17) is 14.2 Å². The molecular formula is C61H102O6. The van der Waals surface area contributed by atoms with Crippen molar-refractivity contribution < 1.29 is 28.6 Å². The summed E-state index contributed by atoms with van der Waals surface area (Å²) in [5, 5.41) is 0. The lowest BCUT2D eigenvalue weighted by atomic mass is 10.0. The maximum atomic E-state index is 12.8. The molecule has 0 bridgehead atoms. The Balaban J connectivity index is 4.46. The highest BCUT2D eigenvalue weighted by Crippen LogP contribution is 2.16. The summed E-state index contributed by atoms with van der Waals surface area (Å²) in [6, 6.07) is 0. The maximum absolute atomic E-state index is 12.8. The average molecular weight is 931 g/mol.